The Balaban J connectivity index is 1.80. The molecule has 0 radical (unpaired) electrons. The summed E-state index contributed by atoms with van der Waals surface area (Å²) in [5.74, 6) is -2.93. The van der Waals surface area contributed by atoms with Crippen molar-refractivity contribution in [3.05, 3.63) is 23.8 Å². The number of benzene rings is 1. The normalized spacial score (nSPS) is 23.5. The molecule has 0 spiro atoms. The number of nitrogens with zero attached hydrogens (tertiary/aromatic N) is 1. The summed E-state index contributed by atoms with van der Waals surface area (Å²) in [7, 11) is 1.38. The Morgan fingerprint density at radius 3 is 2.09 bits per heavy atom. The third-order valence-corrected chi connectivity index (χ3v) is 7.00. The summed E-state index contributed by atoms with van der Waals surface area (Å²) in [4.78, 5) is 62.9. The fraction of sp³-hybridized carbons (Fsp3) is 0.633. The van der Waals surface area contributed by atoms with E-state index in [4.69, 9.17) is 33.2 Å². The molecule has 0 saturated carbocycles. The number of esters is 4. The molecule has 5 atom stereocenters. The fourth-order valence-electron chi connectivity index (χ4n) is 5.10. The lowest BCUT2D eigenvalue weighted by Crippen LogP contribution is -2.63. The van der Waals surface area contributed by atoms with Crippen molar-refractivity contribution in [1.82, 2.24) is 10.2 Å². The third kappa shape index (κ3) is 10.4. The molecule has 1 amide bonds. The number of carbonyl (C=O) groups is 5. The number of amides is 1. The molecule has 14 nitrogen and oxygen atoms in total. The van der Waals surface area contributed by atoms with Crippen molar-refractivity contribution in [1.29, 1.82) is 0 Å². The highest BCUT2D eigenvalue weighted by Crippen LogP contribution is 2.35. The van der Waals surface area contributed by atoms with Crippen LogP contribution in [-0.4, -0.2) is 105 Å². The molecule has 0 unspecified atom stereocenters. The number of methoxy groups -OCH3 is 1. The summed E-state index contributed by atoms with van der Waals surface area (Å²) in [6.45, 7) is 7.79. The second-order valence-electron chi connectivity index (χ2n) is 10.6. The van der Waals surface area contributed by atoms with Crippen molar-refractivity contribution in [2.24, 2.45) is 0 Å². The Hall–Kier alpha value is -3.91. The van der Waals surface area contributed by atoms with Crippen LogP contribution >= 0.6 is 0 Å². The minimum atomic E-state index is -1.45. The number of likely N-dealkylation sites (tertiary alicyclic amines) is 1. The van der Waals surface area contributed by atoms with Crippen LogP contribution in [-0.2, 0) is 42.9 Å². The highest BCUT2D eigenvalue weighted by atomic mass is 16.7. The van der Waals surface area contributed by atoms with Gasteiger partial charge in [0.1, 0.15) is 12.7 Å². The second kappa shape index (κ2) is 16.8. The molecular weight excluding hydrogens is 580 g/mol. The average molecular weight is 623 g/mol. The van der Waals surface area contributed by atoms with E-state index in [1.807, 2.05) is 0 Å². The summed E-state index contributed by atoms with van der Waals surface area (Å²) in [5.41, 5.74) is 0.328. The summed E-state index contributed by atoms with van der Waals surface area (Å²) in [6, 6.07) is 4.50. The van der Waals surface area contributed by atoms with Crippen LogP contribution in [0.15, 0.2) is 18.2 Å². The van der Waals surface area contributed by atoms with Gasteiger partial charge in [0.05, 0.1) is 7.11 Å². The number of hydrogen-bond acceptors (Lipinski definition) is 13. The zero-order valence-electron chi connectivity index (χ0n) is 25.8. The first-order chi connectivity index (χ1) is 21.0. The van der Waals surface area contributed by atoms with Gasteiger partial charge in [0, 0.05) is 39.8 Å². The summed E-state index contributed by atoms with van der Waals surface area (Å²) in [6.07, 6.45) is -2.24. The molecule has 0 aliphatic carbocycles. The molecule has 2 heterocycles. The van der Waals surface area contributed by atoms with E-state index in [9.17, 15) is 24.0 Å². The number of ether oxygens (including phenoxy) is 7. The lowest BCUT2D eigenvalue weighted by Gasteiger charge is -2.44. The molecule has 2 fully saturated rings. The van der Waals surface area contributed by atoms with Gasteiger partial charge in [0.15, 0.2) is 23.7 Å². The molecule has 1 N–H and O–H groups in total. The van der Waals surface area contributed by atoms with Gasteiger partial charge in [-0.25, -0.2) is 0 Å². The van der Waals surface area contributed by atoms with Gasteiger partial charge in [-0.15, -0.1) is 0 Å². The molecule has 2 saturated heterocycles. The first kappa shape index (κ1) is 34.6. The number of carbonyl (C=O) groups excluding carboxylic acids is 5. The maximum Gasteiger partial charge on any atom is 0.303 e. The van der Waals surface area contributed by atoms with E-state index in [1.165, 1.54) is 51.5 Å². The maximum absolute atomic E-state index is 12.8. The van der Waals surface area contributed by atoms with E-state index >= 15 is 0 Å². The van der Waals surface area contributed by atoms with E-state index in [1.54, 1.807) is 0 Å². The monoisotopic (exact) mass is 622 g/mol. The highest BCUT2D eigenvalue weighted by Gasteiger charge is 2.53. The molecule has 0 aromatic heterocycles. The van der Waals surface area contributed by atoms with Gasteiger partial charge >= 0.3 is 23.9 Å². The first-order valence-electron chi connectivity index (χ1n) is 14.6. The van der Waals surface area contributed by atoms with Crippen molar-refractivity contribution in [2.75, 3.05) is 39.9 Å². The lowest BCUT2D eigenvalue weighted by molar-refractivity contribution is -0.288. The fourth-order valence-corrected chi connectivity index (χ4v) is 5.10. The van der Waals surface area contributed by atoms with E-state index in [-0.39, 0.29) is 17.4 Å². The number of nitrogens with one attached hydrogen (secondary N) is 1. The van der Waals surface area contributed by atoms with Gasteiger partial charge in [0.2, 0.25) is 12.4 Å². The smallest absolute Gasteiger partial charge is 0.303 e. The van der Waals surface area contributed by atoms with Crippen molar-refractivity contribution in [3.8, 4) is 11.5 Å². The molecular formula is C30H42N2O12. The SMILES string of the molecule is COc1cc(C(=O)NCCCN2CCCCC2)ccc1O[C@@H]1O[C@H](COC(C)=O)[C@@H](OC(C)=O)[C@H](OC(C)=O)[C@H]1OC(C)=O. The Kier molecular flexibility index (Phi) is 13.2. The molecule has 2 aliphatic heterocycles. The molecule has 244 valence electrons. The second-order valence-corrected chi connectivity index (χ2v) is 10.6. The van der Waals surface area contributed by atoms with E-state index in [0.717, 1.165) is 46.8 Å². The molecule has 3 rings (SSSR count). The molecule has 1 aromatic rings. The predicted octanol–water partition coefficient (Wildman–Crippen LogP) is 1.76. The van der Waals surface area contributed by atoms with Crippen LogP contribution in [0.2, 0.25) is 0 Å². The van der Waals surface area contributed by atoms with Crippen molar-refractivity contribution in [2.45, 2.75) is 84.1 Å². The van der Waals surface area contributed by atoms with Gasteiger partial charge in [-0.1, -0.05) is 6.42 Å². The molecule has 44 heavy (non-hydrogen) atoms. The standard InChI is InChI=1S/C30H42N2O12/c1-18(33)39-17-25-26(40-19(2)34)27(41-20(3)35)28(42-21(4)36)30(44-25)43-23-11-10-22(16-24(23)38-5)29(37)31-12-9-15-32-13-7-6-8-14-32/h10-11,16,25-28,30H,6-9,12-15,17H2,1-5H3,(H,31,37)/t25-,26-,27+,28-,30-/m1/s1. The van der Waals surface area contributed by atoms with E-state index < -0.39 is 61.2 Å². The van der Waals surface area contributed by atoms with Crippen molar-refractivity contribution in [3.63, 3.8) is 0 Å². The molecule has 14 heteroatoms. The number of piperidine rings is 1. The first-order valence-corrected chi connectivity index (χ1v) is 14.6. The zero-order valence-corrected chi connectivity index (χ0v) is 25.8. The van der Waals surface area contributed by atoms with Crippen LogP contribution in [0, 0.1) is 0 Å². The quantitative estimate of drug-likeness (QED) is 0.192. The minimum absolute atomic E-state index is 0.107. The average Bonchev–Trinajstić information content (AvgIpc) is 2.97. The molecule has 2 aliphatic rings. The van der Waals surface area contributed by atoms with Crippen molar-refractivity contribution >= 4 is 29.8 Å². The van der Waals surface area contributed by atoms with Crippen LogP contribution < -0.4 is 14.8 Å². The van der Waals surface area contributed by atoms with Crippen LogP contribution in [0.3, 0.4) is 0 Å². The van der Waals surface area contributed by atoms with Gasteiger partial charge < -0.3 is 43.4 Å². The Morgan fingerprint density at radius 2 is 1.48 bits per heavy atom. The number of rotatable bonds is 13. The van der Waals surface area contributed by atoms with Crippen molar-refractivity contribution < 1.29 is 57.1 Å². The van der Waals surface area contributed by atoms with Crippen LogP contribution in [0.25, 0.3) is 0 Å². The number of hydrogen-bond donors (Lipinski definition) is 1. The summed E-state index contributed by atoms with van der Waals surface area (Å²) in [5, 5.41) is 2.92. The van der Waals surface area contributed by atoms with Gasteiger partial charge in [-0.3, -0.25) is 24.0 Å². The Bertz CT molecular complexity index is 1170. The van der Waals surface area contributed by atoms with Crippen LogP contribution in [0.1, 0.15) is 63.7 Å². The van der Waals surface area contributed by atoms with Crippen LogP contribution in [0.4, 0.5) is 0 Å². The minimum Gasteiger partial charge on any atom is -0.493 e. The highest BCUT2D eigenvalue weighted by molar-refractivity contribution is 5.94. The van der Waals surface area contributed by atoms with Crippen LogP contribution in [0.5, 0.6) is 11.5 Å². The third-order valence-electron chi connectivity index (χ3n) is 7.00. The largest absolute Gasteiger partial charge is 0.493 e. The van der Waals surface area contributed by atoms with Gasteiger partial charge in [-0.2, -0.15) is 0 Å². The predicted molar refractivity (Wildman–Crippen MR) is 153 cm³/mol. The van der Waals surface area contributed by atoms with E-state index in [0.29, 0.717) is 12.1 Å². The summed E-state index contributed by atoms with van der Waals surface area (Å²) >= 11 is 0. The van der Waals surface area contributed by atoms with Gasteiger partial charge in [-0.05, 0) is 57.1 Å². The molecule has 0 bridgehead atoms. The van der Waals surface area contributed by atoms with E-state index in [2.05, 4.69) is 10.2 Å². The Labute approximate surface area is 256 Å². The summed E-state index contributed by atoms with van der Waals surface area (Å²) < 4.78 is 38.9. The molecule has 1 aromatic carbocycles. The zero-order chi connectivity index (χ0) is 32.2. The van der Waals surface area contributed by atoms with Gasteiger partial charge in [0.25, 0.3) is 5.91 Å². The Morgan fingerprint density at radius 1 is 0.841 bits per heavy atom. The lowest BCUT2D eigenvalue weighted by atomic mass is 9.98. The topological polar surface area (TPSA) is 165 Å². The maximum atomic E-state index is 12.8.